The van der Waals surface area contributed by atoms with Crippen LogP contribution in [-0.2, 0) is 13.6 Å². The second kappa shape index (κ2) is 9.61. The van der Waals surface area contributed by atoms with E-state index in [1.54, 1.807) is 0 Å². The molecule has 1 unspecified atom stereocenters. The van der Waals surface area contributed by atoms with Gasteiger partial charge in [-0.1, -0.05) is 78.0 Å². The standard InChI is InChI=1S/C25H45NO3Si2/c1-12-21-22(29-31(10,11)25(5,6)7)20(18-27-30(8,9)24(2,3)4)26-23(28-21)19-16-14-13-15-17-19/h12-17,20-23,26H,1,18H2,2-11H3/t20-,21-,22-,23?/m1/s1. The molecule has 0 amide bonds. The summed E-state index contributed by atoms with van der Waals surface area (Å²) in [6, 6.07) is 10.3. The van der Waals surface area contributed by atoms with Crippen molar-refractivity contribution in [1.82, 2.24) is 5.32 Å². The summed E-state index contributed by atoms with van der Waals surface area (Å²) < 4.78 is 20.0. The third-order valence-corrected chi connectivity index (χ3v) is 16.4. The predicted molar refractivity (Wildman–Crippen MR) is 136 cm³/mol. The lowest BCUT2D eigenvalue weighted by Gasteiger charge is -2.48. The van der Waals surface area contributed by atoms with Gasteiger partial charge in [0.25, 0.3) is 0 Å². The second-order valence-electron chi connectivity index (χ2n) is 11.8. The number of hydrogen-bond acceptors (Lipinski definition) is 4. The molecule has 4 nitrogen and oxygen atoms in total. The van der Waals surface area contributed by atoms with Crippen LogP contribution < -0.4 is 5.32 Å². The summed E-state index contributed by atoms with van der Waals surface area (Å²) in [4.78, 5) is 0. The maximum atomic E-state index is 6.91. The maximum Gasteiger partial charge on any atom is 0.192 e. The normalized spacial score (nSPS) is 26.0. The molecule has 176 valence electrons. The van der Waals surface area contributed by atoms with Gasteiger partial charge in [0, 0.05) is 0 Å². The summed E-state index contributed by atoms with van der Waals surface area (Å²) in [6.07, 6.45) is 1.35. The molecular weight excluding hydrogens is 418 g/mol. The Morgan fingerprint density at radius 1 is 0.968 bits per heavy atom. The molecule has 1 aromatic rings. The lowest BCUT2D eigenvalue weighted by molar-refractivity contribution is -0.127. The number of ether oxygens (including phenoxy) is 1. The molecule has 0 aliphatic carbocycles. The van der Waals surface area contributed by atoms with Gasteiger partial charge in [0.15, 0.2) is 16.6 Å². The predicted octanol–water partition coefficient (Wildman–Crippen LogP) is 6.64. The van der Waals surface area contributed by atoms with E-state index in [2.05, 4.69) is 91.8 Å². The summed E-state index contributed by atoms with van der Waals surface area (Å²) in [5, 5.41) is 3.97. The highest BCUT2D eigenvalue weighted by Gasteiger charge is 2.47. The topological polar surface area (TPSA) is 39.7 Å². The van der Waals surface area contributed by atoms with Gasteiger partial charge in [-0.25, -0.2) is 0 Å². The van der Waals surface area contributed by atoms with Crippen molar-refractivity contribution in [3.8, 4) is 0 Å². The summed E-state index contributed by atoms with van der Waals surface area (Å²) in [5.74, 6) is 0. The molecule has 1 aliphatic heterocycles. The van der Waals surface area contributed by atoms with Crippen molar-refractivity contribution >= 4 is 16.6 Å². The Morgan fingerprint density at radius 2 is 1.52 bits per heavy atom. The van der Waals surface area contributed by atoms with Gasteiger partial charge < -0.3 is 13.6 Å². The fourth-order valence-corrected chi connectivity index (χ4v) is 5.47. The van der Waals surface area contributed by atoms with Crippen molar-refractivity contribution in [3.05, 3.63) is 48.6 Å². The zero-order chi connectivity index (χ0) is 23.7. The lowest BCUT2D eigenvalue weighted by atomic mass is 10.0. The smallest absolute Gasteiger partial charge is 0.192 e. The van der Waals surface area contributed by atoms with Crippen molar-refractivity contribution < 1.29 is 13.6 Å². The second-order valence-corrected chi connectivity index (χ2v) is 21.4. The largest absolute Gasteiger partial charge is 0.415 e. The average Bonchev–Trinajstić information content (AvgIpc) is 2.65. The van der Waals surface area contributed by atoms with Crippen LogP contribution in [0, 0.1) is 0 Å². The first-order valence-corrected chi connectivity index (χ1v) is 17.3. The van der Waals surface area contributed by atoms with E-state index in [-0.39, 0.29) is 34.6 Å². The van der Waals surface area contributed by atoms with Crippen LogP contribution in [0.5, 0.6) is 0 Å². The van der Waals surface area contributed by atoms with Gasteiger partial charge in [0.05, 0.1) is 18.8 Å². The fraction of sp³-hybridized carbons (Fsp3) is 0.680. The first-order chi connectivity index (χ1) is 14.1. The minimum atomic E-state index is -2.02. The molecule has 31 heavy (non-hydrogen) atoms. The molecule has 0 aromatic heterocycles. The Labute approximate surface area is 193 Å². The molecule has 4 atom stereocenters. The Kier molecular flexibility index (Phi) is 8.21. The van der Waals surface area contributed by atoms with Crippen LogP contribution in [0.1, 0.15) is 53.3 Å². The highest BCUT2D eigenvalue weighted by Crippen LogP contribution is 2.41. The van der Waals surface area contributed by atoms with E-state index >= 15 is 0 Å². The molecule has 6 heteroatoms. The lowest BCUT2D eigenvalue weighted by Crippen LogP contribution is -2.62. The third-order valence-electron chi connectivity index (χ3n) is 7.38. The van der Waals surface area contributed by atoms with Gasteiger partial charge in [-0.05, 0) is 41.8 Å². The van der Waals surface area contributed by atoms with E-state index in [4.69, 9.17) is 13.6 Å². The first kappa shape index (κ1) is 26.5. The van der Waals surface area contributed by atoms with Gasteiger partial charge in [-0.3, -0.25) is 5.32 Å². The fourth-order valence-electron chi connectivity index (χ4n) is 3.11. The number of rotatable bonds is 7. The minimum Gasteiger partial charge on any atom is -0.415 e. The quantitative estimate of drug-likeness (QED) is 0.363. The van der Waals surface area contributed by atoms with E-state index in [0.717, 1.165) is 5.56 Å². The Bertz CT molecular complexity index is 723. The zero-order valence-electron chi connectivity index (χ0n) is 21.4. The summed E-state index contributed by atoms with van der Waals surface area (Å²) in [7, 11) is -3.92. The molecule has 0 bridgehead atoms. The van der Waals surface area contributed by atoms with Gasteiger partial charge in [0.1, 0.15) is 12.3 Å². The van der Waals surface area contributed by atoms with Crippen molar-refractivity contribution in [3.63, 3.8) is 0 Å². The molecule has 0 saturated carbocycles. The minimum absolute atomic E-state index is 0.0187. The zero-order valence-corrected chi connectivity index (χ0v) is 23.4. The van der Waals surface area contributed by atoms with Crippen LogP contribution in [0.3, 0.4) is 0 Å². The van der Waals surface area contributed by atoms with Crippen molar-refractivity contribution in [1.29, 1.82) is 0 Å². The van der Waals surface area contributed by atoms with Gasteiger partial charge in [0.2, 0.25) is 0 Å². The van der Waals surface area contributed by atoms with Crippen LogP contribution in [0.25, 0.3) is 0 Å². The number of hydrogen-bond donors (Lipinski definition) is 1. The van der Waals surface area contributed by atoms with Gasteiger partial charge >= 0.3 is 0 Å². The monoisotopic (exact) mass is 463 g/mol. The average molecular weight is 464 g/mol. The maximum absolute atomic E-state index is 6.91. The summed E-state index contributed by atoms with van der Waals surface area (Å²) in [6.45, 7) is 27.5. The first-order valence-electron chi connectivity index (χ1n) is 11.5. The number of nitrogens with one attached hydrogen (secondary N) is 1. The van der Waals surface area contributed by atoms with Crippen molar-refractivity contribution in [2.24, 2.45) is 0 Å². The summed E-state index contributed by atoms with van der Waals surface area (Å²) >= 11 is 0. The molecule has 1 aliphatic rings. The number of benzene rings is 1. The van der Waals surface area contributed by atoms with Crippen LogP contribution in [0.2, 0.25) is 36.3 Å². The van der Waals surface area contributed by atoms with Gasteiger partial charge in [-0.2, -0.15) is 0 Å². The Balaban J connectivity index is 2.34. The van der Waals surface area contributed by atoms with E-state index in [1.807, 2.05) is 24.3 Å². The molecule has 2 rings (SSSR count). The molecule has 1 aromatic carbocycles. The molecule has 0 radical (unpaired) electrons. The molecule has 1 saturated heterocycles. The van der Waals surface area contributed by atoms with E-state index < -0.39 is 16.6 Å². The van der Waals surface area contributed by atoms with Crippen LogP contribution in [-0.4, -0.2) is 41.5 Å². The van der Waals surface area contributed by atoms with E-state index in [9.17, 15) is 0 Å². The SMILES string of the molecule is C=C[C@H]1OC(c2ccccc2)N[C@H](CO[Si](C)(C)C(C)(C)C)[C@H]1O[Si](C)(C)C(C)(C)C. The molecule has 0 spiro atoms. The van der Waals surface area contributed by atoms with Crippen LogP contribution in [0.4, 0.5) is 0 Å². The molecule has 1 N–H and O–H groups in total. The Hall–Kier alpha value is -0.766. The Morgan fingerprint density at radius 3 is 2.00 bits per heavy atom. The van der Waals surface area contributed by atoms with Gasteiger partial charge in [-0.15, -0.1) is 6.58 Å². The molecular formula is C25H45NO3Si2. The van der Waals surface area contributed by atoms with Crippen molar-refractivity contribution in [2.45, 2.75) is 102 Å². The van der Waals surface area contributed by atoms with Crippen molar-refractivity contribution in [2.75, 3.05) is 6.61 Å². The molecule has 1 heterocycles. The van der Waals surface area contributed by atoms with Crippen LogP contribution >= 0.6 is 0 Å². The summed E-state index contributed by atoms with van der Waals surface area (Å²) in [5.41, 5.74) is 1.11. The highest BCUT2D eigenvalue weighted by molar-refractivity contribution is 6.74. The van der Waals surface area contributed by atoms with E-state index in [0.29, 0.717) is 6.61 Å². The third kappa shape index (κ3) is 6.39. The van der Waals surface area contributed by atoms with E-state index in [1.165, 1.54) is 0 Å². The highest BCUT2D eigenvalue weighted by atomic mass is 28.4. The molecule has 1 fully saturated rings. The van der Waals surface area contributed by atoms with Crippen LogP contribution in [0.15, 0.2) is 43.0 Å².